The van der Waals surface area contributed by atoms with E-state index in [1.165, 1.54) is 0 Å². The molecule has 1 unspecified atom stereocenters. The molecule has 0 radical (unpaired) electrons. The van der Waals surface area contributed by atoms with E-state index in [1.807, 2.05) is 19.1 Å². The monoisotopic (exact) mass is 152 g/mol. The van der Waals surface area contributed by atoms with E-state index in [-0.39, 0.29) is 6.04 Å². The van der Waals surface area contributed by atoms with Crippen LogP contribution in [0.15, 0.2) is 35.5 Å². The van der Waals surface area contributed by atoms with Crippen LogP contribution >= 0.6 is 0 Å². The fraction of sp³-hybridized carbons (Fsp3) is 0.556. The molecule has 0 aliphatic heterocycles. The first-order valence-corrected chi connectivity index (χ1v) is 3.89. The minimum absolute atomic E-state index is 0.275. The fourth-order valence-electron chi connectivity index (χ4n) is 0.634. The third kappa shape index (κ3) is 6.97. The Bertz CT molecular complexity index is 138. The molecule has 0 saturated carbocycles. The van der Waals surface area contributed by atoms with Crippen LogP contribution in [-0.4, -0.2) is 12.6 Å². The quantitative estimate of drug-likeness (QED) is 0.317. The third-order valence-electron chi connectivity index (χ3n) is 1.22. The highest BCUT2D eigenvalue weighted by molar-refractivity contribution is 4.73. The molecule has 0 rings (SSSR count). The van der Waals surface area contributed by atoms with Gasteiger partial charge in [-0.1, -0.05) is 12.2 Å². The van der Waals surface area contributed by atoms with Crippen LogP contribution in [0.5, 0.6) is 0 Å². The summed E-state index contributed by atoms with van der Waals surface area (Å²) in [5.41, 5.74) is 0. The van der Waals surface area contributed by atoms with E-state index in [4.69, 9.17) is 0 Å². The summed E-state index contributed by atoms with van der Waals surface area (Å²) in [6.07, 6.45) is 5.51. The topological polar surface area (TPSA) is 24.7 Å². The molecular weight excluding hydrogens is 136 g/mol. The molecule has 0 aromatic carbocycles. The lowest BCUT2D eigenvalue weighted by Crippen LogP contribution is -1.93. The van der Waals surface area contributed by atoms with Crippen LogP contribution in [0.2, 0.25) is 0 Å². The second-order valence-electron chi connectivity index (χ2n) is 2.43. The lowest BCUT2D eigenvalue weighted by atomic mass is 10.2. The molecule has 1 atom stereocenters. The Labute approximate surface area is 68.7 Å². The predicted octanol–water partition coefficient (Wildman–Crippen LogP) is 2.98. The molecule has 0 heterocycles. The van der Waals surface area contributed by atoms with Crippen molar-refractivity contribution in [3.63, 3.8) is 0 Å². The summed E-state index contributed by atoms with van der Waals surface area (Å²) in [7, 11) is 0. The van der Waals surface area contributed by atoms with Crippen molar-refractivity contribution < 1.29 is 0 Å². The maximum absolute atomic E-state index is 4.06. The van der Waals surface area contributed by atoms with E-state index in [1.54, 1.807) is 0 Å². The molecule has 11 heavy (non-hydrogen) atoms. The lowest BCUT2D eigenvalue weighted by Gasteiger charge is -1.97. The van der Waals surface area contributed by atoms with Gasteiger partial charge in [-0.2, -0.15) is 10.2 Å². The number of hydrogen-bond donors (Lipinski definition) is 0. The average molecular weight is 152 g/mol. The van der Waals surface area contributed by atoms with Gasteiger partial charge in [0.2, 0.25) is 0 Å². The molecule has 2 heteroatoms. The average Bonchev–Trinajstić information content (AvgIpc) is 1.99. The number of rotatable bonds is 6. The third-order valence-corrected chi connectivity index (χ3v) is 1.22. The number of azo groups is 1. The van der Waals surface area contributed by atoms with Crippen molar-refractivity contribution in [3.8, 4) is 0 Å². The molecule has 0 amide bonds. The van der Waals surface area contributed by atoms with Gasteiger partial charge in [-0.25, -0.2) is 0 Å². The van der Waals surface area contributed by atoms with Gasteiger partial charge in [-0.05, 0) is 19.8 Å². The Hall–Kier alpha value is -0.920. The second kappa shape index (κ2) is 7.19. The summed E-state index contributed by atoms with van der Waals surface area (Å²) >= 11 is 0. The zero-order chi connectivity index (χ0) is 8.53. The Morgan fingerprint density at radius 1 is 1.36 bits per heavy atom. The molecule has 0 spiro atoms. The Morgan fingerprint density at radius 3 is 2.64 bits per heavy atom. The summed E-state index contributed by atoms with van der Waals surface area (Å²) < 4.78 is 0. The smallest absolute Gasteiger partial charge is 0.0714 e. The zero-order valence-electron chi connectivity index (χ0n) is 7.16. The van der Waals surface area contributed by atoms with E-state index in [0.29, 0.717) is 0 Å². The van der Waals surface area contributed by atoms with Crippen molar-refractivity contribution in [2.75, 3.05) is 6.54 Å². The molecule has 0 aromatic heterocycles. The van der Waals surface area contributed by atoms with Crippen LogP contribution in [0.25, 0.3) is 0 Å². The Morgan fingerprint density at radius 2 is 2.09 bits per heavy atom. The molecule has 62 valence electrons. The SMILES string of the molecule is C=CCCN=NC(C)CC=C. The van der Waals surface area contributed by atoms with Crippen LogP contribution in [0.3, 0.4) is 0 Å². The summed E-state index contributed by atoms with van der Waals surface area (Å²) in [6.45, 7) is 10.0. The van der Waals surface area contributed by atoms with Crippen LogP contribution in [0, 0.1) is 0 Å². The highest BCUT2D eigenvalue weighted by atomic mass is 15.1. The molecule has 0 saturated heterocycles. The van der Waals surface area contributed by atoms with Crippen molar-refractivity contribution in [3.05, 3.63) is 25.3 Å². The van der Waals surface area contributed by atoms with Crippen molar-refractivity contribution >= 4 is 0 Å². The molecule has 0 fully saturated rings. The summed E-state index contributed by atoms with van der Waals surface area (Å²) in [4.78, 5) is 0. The van der Waals surface area contributed by atoms with Gasteiger partial charge >= 0.3 is 0 Å². The summed E-state index contributed by atoms with van der Waals surface area (Å²) in [6, 6.07) is 0.275. The van der Waals surface area contributed by atoms with Gasteiger partial charge in [0.25, 0.3) is 0 Å². The van der Waals surface area contributed by atoms with Gasteiger partial charge in [-0.3, -0.25) is 0 Å². The molecule has 0 aliphatic carbocycles. The van der Waals surface area contributed by atoms with E-state index in [2.05, 4.69) is 23.4 Å². The molecule has 2 nitrogen and oxygen atoms in total. The Balaban J connectivity index is 3.38. The van der Waals surface area contributed by atoms with Gasteiger partial charge in [0.1, 0.15) is 0 Å². The van der Waals surface area contributed by atoms with Crippen LogP contribution in [0.1, 0.15) is 19.8 Å². The van der Waals surface area contributed by atoms with Gasteiger partial charge in [-0.15, -0.1) is 13.2 Å². The van der Waals surface area contributed by atoms with E-state index < -0.39 is 0 Å². The zero-order valence-corrected chi connectivity index (χ0v) is 7.16. The molecule has 0 N–H and O–H groups in total. The van der Waals surface area contributed by atoms with Crippen LogP contribution < -0.4 is 0 Å². The molecule has 0 bridgehead atoms. The largest absolute Gasteiger partial charge is 0.194 e. The first-order chi connectivity index (χ1) is 5.31. The second-order valence-corrected chi connectivity index (χ2v) is 2.43. The first-order valence-electron chi connectivity index (χ1n) is 3.89. The molecule has 0 aliphatic rings. The van der Waals surface area contributed by atoms with Crippen molar-refractivity contribution in [2.45, 2.75) is 25.8 Å². The van der Waals surface area contributed by atoms with Crippen molar-refractivity contribution in [1.82, 2.24) is 0 Å². The maximum atomic E-state index is 4.06. The first kappa shape index (κ1) is 10.1. The van der Waals surface area contributed by atoms with Gasteiger partial charge < -0.3 is 0 Å². The number of nitrogens with zero attached hydrogens (tertiary/aromatic N) is 2. The normalized spacial score (nSPS) is 13.2. The highest BCUT2D eigenvalue weighted by Crippen LogP contribution is 1.97. The fourth-order valence-corrected chi connectivity index (χ4v) is 0.634. The highest BCUT2D eigenvalue weighted by Gasteiger charge is 1.92. The van der Waals surface area contributed by atoms with Crippen molar-refractivity contribution in [1.29, 1.82) is 0 Å². The summed E-state index contributed by atoms with van der Waals surface area (Å²) in [5, 5.41) is 8.04. The minimum Gasteiger partial charge on any atom is -0.194 e. The van der Waals surface area contributed by atoms with Gasteiger partial charge in [0.15, 0.2) is 0 Å². The van der Waals surface area contributed by atoms with Gasteiger partial charge in [0.05, 0.1) is 12.6 Å². The Kier molecular flexibility index (Phi) is 6.59. The number of hydrogen-bond acceptors (Lipinski definition) is 2. The maximum Gasteiger partial charge on any atom is 0.0714 e. The van der Waals surface area contributed by atoms with Crippen molar-refractivity contribution in [2.24, 2.45) is 10.2 Å². The van der Waals surface area contributed by atoms with Crippen LogP contribution in [0.4, 0.5) is 0 Å². The van der Waals surface area contributed by atoms with Gasteiger partial charge in [0, 0.05) is 0 Å². The van der Waals surface area contributed by atoms with E-state index >= 15 is 0 Å². The standard InChI is InChI=1S/C9H16N2/c1-4-6-8-10-11-9(3)7-5-2/h4-5,9H,1-2,6-8H2,3H3. The minimum atomic E-state index is 0.275. The van der Waals surface area contributed by atoms with Crippen LogP contribution in [-0.2, 0) is 0 Å². The lowest BCUT2D eigenvalue weighted by molar-refractivity contribution is 0.687. The molecular formula is C9H16N2. The van der Waals surface area contributed by atoms with E-state index in [0.717, 1.165) is 19.4 Å². The predicted molar refractivity (Wildman–Crippen MR) is 48.8 cm³/mol. The van der Waals surface area contributed by atoms with E-state index in [9.17, 15) is 0 Å². The summed E-state index contributed by atoms with van der Waals surface area (Å²) in [5.74, 6) is 0. The molecule has 0 aromatic rings.